The van der Waals surface area contributed by atoms with Gasteiger partial charge in [-0.3, -0.25) is 14.4 Å². The van der Waals surface area contributed by atoms with Crippen LogP contribution in [-0.4, -0.2) is 116 Å². The molecule has 2 fully saturated rings. The Labute approximate surface area is 444 Å². The van der Waals surface area contributed by atoms with E-state index in [-0.39, 0.29) is 68.2 Å². The van der Waals surface area contributed by atoms with E-state index in [2.05, 4.69) is 42.3 Å². The number of benzene rings is 3. The smallest absolute Gasteiger partial charge is 0.435 e. The number of halogens is 3. The van der Waals surface area contributed by atoms with E-state index in [0.29, 0.717) is 116 Å². The van der Waals surface area contributed by atoms with Crippen LogP contribution in [-0.2, 0) is 26.9 Å². The first-order valence-corrected chi connectivity index (χ1v) is 26.0. The summed E-state index contributed by atoms with van der Waals surface area (Å²) >= 11 is 0. The van der Waals surface area contributed by atoms with Crippen LogP contribution < -0.4 is 40.7 Å². The highest BCUT2D eigenvalue weighted by molar-refractivity contribution is 6.13. The maximum absolute atomic E-state index is 14.1. The molecule has 406 valence electrons. The number of carbonyl (C=O) groups excluding carboxylic acids is 4. The van der Waals surface area contributed by atoms with Crippen molar-refractivity contribution in [3.05, 3.63) is 94.9 Å². The number of Topliss-reactive ketones (excluding diaryl/α,β-unsaturated/α-hetero) is 1. The van der Waals surface area contributed by atoms with Gasteiger partial charge in [0.2, 0.25) is 11.9 Å². The predicted octanol–water partition coefficient (Wildman–Crippen LogP) is 8.71. The fraction of sp³-hybridized carbons (Fsp3) is 0.455. The van der Waals surface area contributed by atoms with Crippen LogP contribution in [0.2, 0.25) is 0 Å². The minimum absolute atomic E-state index is 0.0170. The normalized spacial score (nSPS) is 18.3. The van der Waals surface area contributed by atoms with Gasteiger partial charge in [-0.15, -0.1) is 0 Å². The third kappa shape index (κ3) is 12.0. The fourth-order valence-electron chi connectivity index (χ4n) is 10.6. The molecule has 1 saturated carbocycles. The van der Waals surface area contributed by atoms with Gasteiger partial charge in [-0.1, -0.05) is 26.0 Å². The molecule has 5 aromatic rings. The first kappa shape index (κ1) is 53.9. The Morgan fingerprint density at radius 3 is 2.32 bits per heavy atom. The number of fused-ring (bicyclic) bond motifs is 3. The Bertz CT molecular complexity index is 3070. The summed E-state index contributed by atoms with van der Waals surface area (Å²) in [4.78, 5) is 67.0. The minimum Gasteiger partial charge on any atom is -0.492 e. The number of ketones is 1. The lowest BCUT2D eigenvalue weighted by atomic mass is 9.75. The maximum Gasteiger partial charge on any atom is 0.435 e. The molecule has 22 heteroatoms. The summed E-state index contributed by atoms with van der Waals surface area (Å²) in [5, 5.41) is 26.2. The molecule has 1 saturated heterocycles. The molecule has 0 atom stereocenters. The molecule has 4 aliphatic rings. The number of alkyl halides is 3. The zero-order chi connectivity index (χ0) is 54.6. The summed E-state index contributed by atoms with van der Waals surface area (Å²) < 4.78 is 60.8. The van der Waals surface area contributed by atoms with Crippen molar-refractivity contribution >= 4 is 63.9 Å². The second-order valence-corrected chi connectivity index (χ2v) is 20.6. The predicted molar refractivity (Wildman–Crippen MR) is 283 cm³/mol. The van der Waals surface area contributed by atoms with E-state index in [0.717, 1.165) is 11.4 Å². The Kier molecular flexibility index (Phi) is 15.9. The first-order valence-electron chi connectivity index (χ1n) is 26.0. The molecule has 0 unspecified atom stereocenters. The summed E-state index contributed by atoms with van der Waals surface area (Å²) in [6.07, 6.45) is -0.233. The summed E-state index contributed by atoms with van der Waals surface area (Å²) in [7, 11) is 3.58. The number of aromatic nitrogens is 4. The lowest BCUT2D eigenvalue weighted by Crippen LogP contribution is -2.41. The molecular formula is C55H63F3N12O7. The van der Waals surface area contributed by atoms with E-state index in [9.17, 15) is 37.6 Å². The maximum atomic E-state index is 14.1. The molecule has 4 N–H and O–H groups in total. The number of nitrogens with one attached hydrogen (secondary N) is 4. The Morgan fingerprint density at radius 1 is 0.870 bits per heavy atom. The van der Waals surface area contributed by atoms with Crippen LogP contribution >= 0.6 is 0 Å². The van der Waals surface area contributed by atoms with Crippen molar-refractivity contribution in [1.29, 1.82) is 5.26 Å². The van der Waals surface area contributed by atoms with Crippen molar-refractivity contribution < 1.29 is 46.6 Å². The standard InChI is InChI=1S/C55H63F3N12O7/c1-6-76-46-28-36(15-18-40(46)64-52-62-32-44-49(65-52)67(4)42-10-8-7-9-39(42)51(73)68(44)5)69-23-19-33(20-24-69)50(72)60-21-25-75-26-22-61-53(74)77-38-16-12-35(13-17-38)63-41-27-37(14-11-34(41)31-59)70-43-29-54(2,3)30-45(71)47(43)48(66-70)55(56,57)58/h7-11,14-15,18,27-28,32-33,35,38,63H,6,12-13,16-17,19-26,29-30H2,1-5H3,(H,60,72)(H,61,74)(H,62,64,65). The summed E-state index contributed by atoms with van der Waals surface area (Å²) in [5.41, 5.74) is 2.64. The van der Waals surface area contributed by atoms with Gasteiger partial charge in [-0.25, -0.2) is 14.5 Å². The van der Waals surface area contributed by atoms with Crippen molar-refractivity contribution in [2.45, 2.75) is 90.5 Å². The summed E-state index contributed by atoms with van der Waals surface area (Å²) in [6.45, 7) is 8.40. The average Bonchev–Trinajstić information content (AvgIpc) is 3.93. The van der Waals surface area contributed by atoms with Crippen LogP contribution in [0.5, 0.6) is 5.75 Å². The number of carbonyl (C=O) groups is 4. The number of alkyl carbamates (subject to hydrolysis) is 1. The molecule has 77 heavy (non-hydrogen) atoms. The van der Waals surface area contributed by atoms with Crippen LogP contribution in [0.4, 0.5) is 58.2 Å². The molecule has 9 rings (SSSR count). The van der Waals surface area contributed by atoms with Crippen LogP contribution in [0, 0.1) is 22.7 Å². The van der Waals surface area contributed by atoms with Crippen molar-refractivity contribution in [1.82, 2.24) is 30.4 Å². The molecule has 2 aliphatic carbocycles. The second-order valence-electron chi connectivity index (χ2n) is 20.6. The average molecular weight is 1060 g/mol. The zero-order valence-corrected chi connectivity index (χ0v) is 43.8. The number of ether oxygens (including phenoxy) is 3. The van der Waals surface area contributed by atoms with E-state index < -0.39 is 34.7 Å². The van der Waals surface area contributed by atoms with Gasteiger partial charge in [0, 0.05) is 70.4 Å². The molecule has 4 heterocycles. The van der Waals surface area contributed by atoms with Crippen molar-refractivity contribution in [3.8, 4) is 17.5 Å². The SMILES string of the molecule is CCOc1cc(N2CCC(C(=O)NCCOCCNC(=O)OC3CCC(Nc4cc(-n5nc(C(F)(F)F)c6c5CC(C)(C)CC6=O)ccc4C#N)CC3)CC2)ccc1Nc1ncc2c(n1)N(C)c1ccccc1C(=O)N2C. The topological polar surface area (TPSA) is 221 Å². The highest BCUT2D eigenvalue weighted by Crippen LogP contribution is 2.43. The Hall–Kier alpha value is -7.93. The van der Waals surface area contributed by atoms with Gasteiger partial charge in [0.1, 0.15) is 23.6 Å². The molecular weight excluding hydrogens is 998 g/mol. The zero-order valence-electron chi connectivity index (χ0n) is 43.8. The Balaban J connectivity index is 0.671. The van der Waals surface area contributed by atoms with Crippen LogP contribution in [0.3, 0.4) is 0 Å². The number of nitriles is 1. The molecule has 3 amide bonds. The number of piperidine rings is 1. The molecule has 2 aromatic heterocycles. The van der Waals surface area contributed by atoms with E-state index >= 15 is 0 Å². The Morgan fingerprint density at radius 2 is 1.60 bits per heavy atom. The van der Waals surface area contributed by atoms with Crippen molar-refractivity contribution in [2.24, 2.45) is 11.3 Å². The van der Waals surface area contributed by atoms with E-state index in [1.165, 1.54) is 16.8 Å². The van der Waals surface area contributed by atoms with Gasteiger partial charge in [0.25, 0.3) is 5.91 Å². The molecule has 19 nitrogen and oxygen atoms in total. The number of para-hydroxylation sites is 1. The van der Waals surface area contributed by atoms with E-state index in [1.807, 2.05) is 69.1 Å². The van der Waals surface area contributed by atoms with Gasteiger partial charge in [0.05, 0.1) is 71.2 Å². The monoisotopic (exact) mass is 1060 g/mol. The molecule has 2 aliphatic heterocycles. The minimum atomic E-state index is -4.82. The summed E-state index contributed by atoms with van der Waals surface area (Å²) in [6, 6.07) is 20.0. The second kappa shape index (κ2) is 22.7. The largest absolute Gasteiger partial charge is 0.492 e. The van der Waals surface area contributed by atoms with Crippen LogP contribution in [0.25, 0.3) is 5.69 Å². The molecule has 0 radical (unpaired) electrons. The third-order valence-corrected chi connectivity index (χ3v) is 14.5. The van der Waals surface area contributed by atoms with E-state index in [1.54, 1.807) is 30.3 Å². The molecule has 0 spiro atoms. The van der Waals surface area contributed by atoms with Gasteiger partial charge in [-0.05, 0) is 99.7 Å². The van der Waals surface area contributed by atoms with Gasteiger partial charge >= 0.3 is 12.3 Å². The molecule has 3 aromatic carbocycles. The number of hydrogen-bond donors (Lipinski definition) is 4. The van der Waals surface area contributed by atoms with Crippen molar-refractivity contribution in [2.75, 3.05) is 85.4 Å². The third-order valence-electron chi connectivity index (χ3n) is 14.5. The lowest BCUT2D eigenvalue weighted by molar-refractivity contribution is -0.141. The molecule has 0 bridgehead atoms. The van der Waals surface area contributed by atoms with Gasteiger partial charge in [-0.2, -0.15) is 28.5 Å². The van der Waals surface area contributed by atoms with Crippen LogP contribution in [0.15, 0.2) is 66.9 Å². The van der Waals surface area contributed by atoms with Crippen LogP contribution in [0.1, 0.15) is 103 Å². The lowest BCUT2D eigenvalue weighted by Gasteiger charge is -2.33. The quantitative estimate of drug-likeness (QED) is 0.0679. The van der Waals surface area contributed by atoms with E-state index in [4.69, 9.17) is 19.2 Å². The highest BCUT2D eigenvalue weighted by Gasteiger charge is 2.45. The van der Waals surface area contributed by atoms with Crippen molar-refractivity contribution in [3.63, 3.8) is 0 Å². The number of hydrogen-bond acceptors (Lipinski definition) is 15. The number of anilines is 7. The fourth-order valence-corrected chi connectivity index (χ4v) is 10.6. The van der Waals surface area contributed by atoms with Gasteiger partial charge in [0.15, 0.2) is 17.3 Å². The number of nitrogens with zero attached hydrogens (tertiary/aromatic N) is 8. The highest BCUT2D eigenvalue weighted by atomic mass is 19.4. The first-order chi connectivity index (χ1) is 36.9. The summed E-state index contributed by atoms with van der Waals surface area (Å²) in [5.74, 6) is 0.634. The number of amides is 3. The van der Waals surface area contributed by atoms with Gasteiger partial charge < -0.3 is 50.2 Å². The number of rotatable bonds is 16.